The van der Waals surface area contributed by atoms with Gasteiger partial charge in [-0.1, -0.05) is 12.6 Å². The van der Waals surface area contributed by atoms with E-state index >= 15 is 0 Å². The quantitative estimate of drug-likeness (QED) is 0.748. The van der Waals surface area contributed by atoms with Gasteiger partial charge in [0.25, 0.3) is 5.82 Å². The fourth-order valence-corrected chi connectivity index (χ4v) is 2.37. The summed E-state index contributed by atoms with van der Waals surface area (Å²) < 4.78 is 1.67. The van der Waals surface area contributed by atoms with Crippen LogP contribution in [0, 0.1) is 12.5 Å². The average Bonchev–Trinajstić information content (AvgIpc) is 3.02. The molecule has 3 heterocycles. The highest BCUT2D eigenvalue weighted by Gasteiger charge is 2.22. The van der Waals surface area contributed by atoms with E-state index in [0.29, 0.717) is 11.7 Å². The molecule has 3 aromatic rings. The maximum Gasteiger partial charge on any atom is 0.252 e. The predicted molar refractivity (Wildman–Crippen MR) is 78.7 cm³/mol. The monoisotopic (exact) mass is 276 g/mol. The summed E-state index contributed by atoms with van der Waals surface area (Å²) in [6.45, 7) is 7.41. The third-order valence-electron chi connectivity index (χ3n) is 3.58. The average molecular weight is 276 g/mol. The fraction of sp³-hybridized carbons (Fsp3) is 0.200. The molecular weight excluding hydrogens is 264 g/mol. The molecule has 0 bridgehead atoms. The molecule has 0 amide bonds. The minimum Gasteiger partial charge on any atom is -0.362 e. The molecule has 6 nitrogen and oxygen atoms in total. The van der Waals surface area contributed by atoms with Crippen LogP contribution in [0.2, 0.25) is 0 Å². The summed E-state index contributed by atoms with van der Waals surface area (Å²) in [5.41, 5.74) is 2.37. The SMILES string of the molecule is [C-]#[N+]/C(=C\C1CC1)n1nccc1-c1ncnc2[nH]ccc12. The van der Waals surface area contributed by atoms with E-state index in [1.54, 1.807) is 10.9 Å². The number of allylic oxidation sites excluding steroid dienone is 1. The van der Waals surface area contributed by atoms with Gasteiger partial charge < -0.3 is 9.83 Å². The number of nitrogens with zero attached hydrogens (tertiary/aromatic N) is 5. The van der Waals surface area contributed by atoms with E-state index in [9.17, 15) is 0 Å². The van der Waals surface area contributed by atoms with Crippen LogP contribution in [0.3, 0.4) is 0 Å². The van der Waals surface area contributed by atoms with E-state index in [-0.39, 0.29) is 0 Å². The molecule has 1 saturated carbocycles. The van der Waals surface area contributed by atoms with E-state index in [4.69, 9.17) is 6.57 Å². The topological polar surface area (TPSA) is 63.8 Å². The van der Waals surface area contributed by atoms with Gasteiger partial charge >= 0.3 is 0 Å². The first-order chi connectivity index (χ1) is 10.4. The standard InChI is InChI=1S/C15H12N6/c1-16-13(8-10-2-3-10)21-12(5-7-20-21)14-11-4-6-17-15(11)19-9-18-14/h4-10H,2-3H2,(H,17,18,19)/b13-8+. The highest BCUT2D eigenvalue weighted by atomic mass is 15.3. The Kier molecular flexibility index (Phi) is 2.57. The molecule has 0 unspecified atom stereocenters. The van der Waals surface area contributed by atoms with Crippen LogP contribution in [0.15, 0.2) is 36.9 Å². The number of hydrogen-bond acceptors (Lipinski definition) is 3. The zero-order valence-corrected chi connectivity index (χ0v) is 11.2. The highest BCUT2D eigenvalue weighted by molar-refractivity contribution is 5.90. The normalized spacial score (nSPS) is 15.3. The number of rotatable bonds is 3. The second kappa shape index (κ2) is 4.56. The van der Waals surface area contributed by atoms with Crippen molar-refractivity contribution in [1.29, 1.82) is 0 Å². The zero-order valence-electron chi connectivity index (χ0n) is 11.2. The smallest absolute Gasteiger partial charge is 0.252 e. The van der Waals surface area contributed by atoms with Gasteiger partial charge in [-0.2, -0.15) is 4.68 Å². The van der Waals surface area contributed by atoms with Gasteiger partial charge in [0.1, 0.15) is 17.7 Å². The zero-order chi connectivity index (χ0) is 14.2. The lowest BCUT2D eigenvalue weighted by atomic mass is 10.2. The van der Waals surface area contributed by atoms with Crippen LogP contribution in [-0.2, 0) is 0 Å². The lowest BCUT2D eigenvalue weighted by Gasteiger charge is -2.04. The van der Waals surface area contributed by atoms with Crippen molar-refractivity contribution < 1.29 is 0 Å². The van der Waals surface area contributed by atoms with Crippen molar-refractivity contribution in [3.05, 3.63) is 48.3 Å². The summed E-state index contributed by atoms with van der Waals surface area (Å²) in [6.07, 6.45) is 9.37. The molecule has 1 aliphatic carbocycles. The number of fused-ring (bicyclic) bond motifs is 1. The van der Waals surface area contributed by atoms with Crippen molar-refractivity contribution >= 4 is 16.9 Å². The summed E-state index contributed by atoms with van der Waals surface area (Å²) in [7, 11) is 0. The number of H-pyrrole nitrogens is 1. The Labute approximate surface area is 121 Å². The molecule has 21 heavy (non-hydrogen) atoms. The Bertz CT molecular complexity index is 875. The van der Waals surface area contributed by atoms with Gasteiger partial charge in [-0.05, 0) is 24.8 Å². The van der Waals surface area contributed by atoms with Crippen molar-refractivity contribution in [2.75, 3.05) is 0 Å². The molecule has 0 atom stereocenters. The molecule has 4 rings (SSSR count). The maximum atomic E-state index is 7.41. The van der Waals surface area contributed by atoms with Gasteiger partial charge in [-0.25, -0.2) is 9.97 Å². The van der Waals surface area contributed by atoms with Crippen LogP contribution < -0.4 is 0 Å². The second-order valence-corrected chi connectivity index (χ2v) is 5.06. The Morgan fingerprint density at radius 2 is 2.29 bits per heavy atom. The molecule has 102 valence electrons. The Morgan fingerprint density at radius 3 is 3.10 bits per heavy atom. The Hall–Kier alpha value is -2.94. The molecule has 0 spiro atoms. The Balaban J connectivity index is 1.89. The molecule has 0 saturated heterocycles. The van der Waals surface area contributed by atoms with Crippen molar-refractivity contribution in [1.82, 2.24) is 24.7 Å². The summed E-state index contributed by atoms with van der Waals surface area (Å²) in [5.74, 6) is 1.06. The van der Waals surface area contributed by atoms with Crippen LogP contribution in [-0.4, -0.2) is 24.7 Å². The van der Waals surface area contributed by atoms with Crippen LogP contribution in [0.1, 0.15) is 12.8 Å². The van der Waals surface area contributed by atoms with Crippen LogP contribution in [0.4, 0.5) is 0 Å². The third kappa shape index (κ3) is 1.99. The van der Waals surface area contributed by atoms with Gasteiger partial charge in [0.05, 0.1) is 6.20 Å². The Morgan fingerprint density at radius 1 is 1.38 bits per heavy atom. The van der Waals surface area contributed by atoms with Crippen LogP contribution >= 0.6 is 0 Å². The van der Waals surface area contributed by atoms with Crippen LogP contribution in [0.25, 0.3) is 33.1 Å². The van der Waals surface area contributed by atoms with Crippen molar-refractivity contribution in [3.8, 4) is 11.4 Å². The molecule has 1 fully saturated rings. The lowest BCUT2D eigenvalue weighted by molar-refractivity contribution is 0.902. The lowest BCUT2D eigenvalue weighted by Crippen LogP contribution is -2.00. The second-order valence-electron chi connectivity index (χ2n) is 5.06. The first kappa shape index (κ1) is 11.9. The number of aromatic amines is 1. The molecule has 0 radical (unpaired) electrons. The number of nitrogens with one attached hydrogen (secondary N) is 1. The fourth-order valence-electron chi connectivity index (χ4n) is 2.37. The molecular formula is C15H12N6. The number of aromatic nitrogens is 5. The van der Waals surface area contributed by atoms with E-state index in [1.807, 2.05) is 24.4 Å². The summed E-state index contributed by atoms with van der Waals surface area (Å²) in [5, 5.41) is 5.23. The van der Waals surface area contributed by atoms with Crippen molar-refractivity contribution in [2.45, 2.75) is 12.8 Å². The molecule has 0 aromatic carbocycles. The third-order valence-corrected chi connectivity index (χ3v) is 3.58. The molecule has 1 N–H and O–H groups in total. The molecule has 1 aliphatic rings. The highest BCUT2D eigenvalue weighted by Crippen LogP contribution is 2.34. The van der Waals surface area contributed by atoms with E-state index in [1.165, 1.54) is 6.33 Å². The molecule has 0 aliphatic heterocycles. The van der Waals surface area contributed by atoms with Gasteiger partial charge in [0, 0.05) is 17.6 Å². The van der Waals surface area contributed by atoms with Gasteiger partial charge in [0.15, 0.2) is 5.69 Å². The maximum absolute atomic E-state index is 7.41. The minimum absolute atomic E-state index is 0.517. The number of hydrogen-bond donors (Lipinski definition) is 1. The molecule has 6 heteroatoms. The summed E-state index contributed by atoms with van der Waals surface area (Å²) >= 11 is 0. The molecule has 3 aromatic heterocycles. The summed E-state index contributed by atoms with van der Waals surface area (Å²) in [6, 6.07) is 3.81. The summed E-state index contributed by atoms with van der Waals surface area (Å²) in [4.78, 5) is 15.3. The van der Waals surface area contributed by atoms with Gasteiger partial charge in [0.2, 0.25) is 0 Å². The van der Waals surface area contributed by atoms with E-state index in [0.717, 1.165) is 35.3 Å². The van der Waals surface area contributed by atoms with Crippen molar-refractivity contribution in [2.24, 2.45) is 5.92 Å². The van der Waals surface area contributed by atoms with E-state index < -0.39 is 0 Å². The van der Waals surface area contributed by atoms with Crippen LogP contribution in [0.5, 0.6) is 0 Å². The first-order valence-electron chi connectivity index (χ1n) is 6.79. The first-order valence-corrected chi connectivity index (χ1v) is 6.79. The van der Waals surface area contributed by atoms with Crippen molar-refractivity contribution in [3.63, 3.8) is 0 Å². The van der Waals surface area contributed by atoms with Gasteiger partial charge in [-0.3, -0.25) is 0 Å². The largest absolute Gasteiger partial charge is 0.362 e. The predicted octanol–water partition coefficient (Wildman–Crippen LogP) is 2.95. The van der Waals surface area contributed by atoms with E-state index in [2.05, 4.69) is 24.9 Å². The van der Waals surface area contributed by atoms with Gasteiger partial charge in [-0.15, -0.1) is 5.10 Å². The minimum atomic E-state index is 0.517.